The summed E-state index contributed by atoms with van der Waals surface area (Å²) in [7, 11) is 0. The van der Waals surface area contributed by atoms with Crippen LogP contribution >= 0.6 is 22.6 Å². The second kappa shape index (κ2) is 6.03. The highest BCUT2D eigenvalue weighted by atomic mass is 127. The van der Waals surface area contributed by atoms with E-state index in [-0.39, 0.29) is 17.2 Å². The van der Waals surface area contributed by atoms with Gasteiger partial charge in [0, 0.05) is 5.56 Å². The predicted molar refractivity (Wildman–Crippen MR) is 74.6 cm³/mol. The minimum Gasteiger partial charge on any atom is -0.507 e. The monoisotopic (exact) mass is 363 g/mol. The van der Waals surface area contributed by atoms with E-state index in [2.05, 4.69) is 5.32 Å². The molecule has 1 amide bonds. The van der Waals surface area contributed by atoms with Gasteiger partial charge < -0.3 is 15.5 Å². The first-order valence-corrected chi connectivity index (χ1v) is 6.43. The summed E-state index contributed by atoms with van der Waals surface area (Å²) >= 11 is 1.94. The van der Waals surface area contributed by atoms with Gasteiger partial charge in [-0.05, 0) is 46.7 Å². The first kappa shape index (κ1) is 14.7. The lowest BCUT2D eigenvalue weighted by Crippen LogP contribution is -2.44. The molecule has 18 heavy (non-hydrogen) atoms. The van der Waals surface area contributed by atoms with Gasteiger partial charge in [0.25, 0.3) is 5.91 Å². The van der Waals surface area contributed by atoms with Crippen LogP contribution in [-0.2, 0) is 4.79 Å². The third kappa shape index (κ3) is 3.59. The van der Waals surface area contributed by atoms with Gasteiger partial charge in [-0.1, -0.05) is 13.8 Å². The van der Waals surface area contributed by atoms with Gasteiger partial charge in [0.05, 0.1) is 3.57 Å². The number of phenols is 1. The molecule has 0 heterocycles. The normalized spacial score (nSPS) is 12.2. The van der Waals surface area contributed by atoms with Crippen molar-refractivity contribution >= 4 is 34.5 Å². The standard InChI is InChI=1S/C12H14INO4/c1-6(2)10(12(17)18)14-11(16)7-3-4-8(13)9(15)5-7/h3-6,10,15H,1-2H3,(H,14,16)(H,17,18)/t10-/m1/s1. The molecule has 0 radical (unpaired) electrons. The molecule has 0 aromatic heterocycles. The van der Waals surface area contributed by atoms with E-state index in [0.29, 0.717) is 3.57 Å². The van der Waals surface area contributed by atoms with E-state index in [0.717, 1.165) is 0 Å². The van der Waals surface area contributed by atoms with Crippen LogP contribution in [0.5, 0.6) is 5.75 Å². The number of rotatable bonds is 4. The van der Waals surface area contributed by atoms with Crippen LogP contribution in [-0.4, -0.2) is 28.1 Å². The number of nitrogens with one attached hydrogen (secondary N) is 1. The molecule has 6 heteroatoms. The topological polar surface area (TPSA) is 86.6 Å². The molecule has 0 aliphatic rings. The fourth-order valence-electron chi connectivity index (χ4n) is 1.39. The van der Waals surface area contributed by atoms with Gasteiger partial charge in [0.15, 0.2) is 0 Å². The molecule has 0 spiro atoms. The number of benzene rings is 1. The quantitative estimate of drug-likeness (QED) is 0.713. The molecule has 0 aliphatic carbocycles. The van der Waals surface area contributed by atoms with Crippen LogP contribution in [0.3, 0.4) is 0 Å². The van der Waals surface area contributed by atoms with E-state index in [9.17, 15) is 14.7 Å². The first-order chi connectivity index (χ1) is 8.32. The second-order valence-electron chi connectivity index (χ2n) is 4.20. The van der Waals surface area contributed by atoms with E-state index < -0.39 is 17.9 Å². The zero-order chi connectivity index (χ0) is 13.9. The molecule has 0 saturated carbocycles. The molecule has 1 atom stereocenters. The van der Waals surface area contributed by atoms with E-state index >= 15 is 0 Å². The zero-order valence-corrected chi connectivity index (χ0v) is 12.1. The first-order valence-electron chi connectivity index (χ1n) is 5.35. The number of halogens is 1. The largest absolute Gasteiger partial charge is 0.507 e. The van der Waals surface area contributed by atoms with E-state index in [4.69, 9.17) is 5.11 Å². The third-order valence-corrected chi connectivity index (χ3v) is 3.34. The number of carboxylic acids is 1. The summed E-state index contributed by atoms with van der Waals surface area (Å²) in [6.45, 7) is 3.43. The fourth-order valence-corrected chi connectivity index (χ4v) is 1.73. The molecule has 0 aliphatic heterocycles. The number of amides is 1. The predicted octanol–water partition coefficient (Wildman–Crippen LogP) is 1.84. The third-order valence-electron chi connectivity index (χ3n) is 2.43. The highest BCUT2D eigenvalue weighted by molar-refractivity contribution is 14.1. The van der Waals surface area contributed by atoms with Crippen LogP contribution in [0.1, 0.15) is 24.2 Å². The SMILES string of the molecule is CC(C)[C@@H](NC(=O)c1ccc(I)c(O)c1)C(=O)O. The van der Waals surface area contributed by atoms with Gasteiger partial charge in [0.2, 0.25) is 0 Å². The molecule has 3 N–H and O–H groups in total. The number of aromatic hydroxyl groups is 1. The smallest absolute Gasteiger partial charge is 0.326 e. The van der Waals surface area contributed by atoms with Crippen molar-refractivity contribution in [1.29, 1.82) is 0 Å². The molecule has 0 bridgehead atoms. The van der Waals surface area contributed by atoms with Crippen molar-refractivity contribution in [2.45, 2.75) is 19.9 Å². The minimum atomic E-state index is -1.08. The van der Waals surface area contributed by atoms with Crippen LogP contribution in [0.25, 0.3) is 0 Å². The number of carbonyl (C=O) groups is 2. The Balaban J connectivity index is 2.87. The number of aliphatic carboxylic acids is 1. The van der Waals surface area contributed by atoms with Gasteiger partial charge >= 0.3 is 5.97 Å². The van der Waals surface area contributed by atoms with Crippen molar-refractivity contribution in [3.63, 3.8) is 0 Å². The van der Waals surface area contributed by atoms with Crippen LogP contribution < -0.4 is 5.32 Å². The van der Waals surface area contributed by atoms with Gasteiger partial charge in [-0.25, -0.2) is 4.79 Å². The van der Waals surface area contributed by atoms with Crippen LogP contribution in [0.15, 0.2) is 18.2 Å². The molecule has 0 unspecified atom stereocenters. The van der Waals surface area contributed by atoms with Gasteiger partial charge in [-0.2, -0.15) is 0 Å². The summed E-state index contributed by atoms with van der Waals surface area (Å²) in [6.07, 6.45) is 0. The molecule has 0 fully saturated rings. The van der Waals surface area contributed by atoms with Crippen molar-refractivity contribution in [2.75, 3.05) is 0 Å². The number of carboxylic acid groups (broad SMARTS) is 1. The molecule has 1 rings (SSSR count). The van der Waals surface area contributed by atoms with Gasteiger partial charge in [0.1, 0.15) is 11.8 Å². The highest BCUT2D eigenvalue weighted by Crippen LogP contribution is 2.20. The van der Waals surface area contributed by atoms with Crippen molar-refractivity contribution in [1.82, 2.24) is 5.32 Å². The average Bonchev–Trinajstić information content (AvgIpc) is 2.28. The molecular weight excluding hydrogens is 349 g/mol. The van der Waals surface area contributed by atoms with Crippen molar-refractivity contribution in [3.8, 4) is 5.75 Å². The van der Waals surface area contributed by atoms with E-state index in [1.807, 2.05) is 22.6 Å². The van der Waals surface area contributed by atoms with Crippen molar-refractivity contribution < 1.29 is 19.8 Å². The Labute approximate surface area is 118 Å². The maximum atomic E-state index is 11.8. The Morgan fingerprint density at radius 2 is 1.94 bits per heavy atom. The van der Waals surface area contributed by atoms with Gasteiger partial charge in [-0.3, -0.25) is 4.79 Å². The van der Waals surface area contributed by atoms with Crippen molar-refractivity contribution in [3.05, 3.63) is 27.3 Å². The minimum absolute atomic E-state index is 0.000304. The van der Waals surface area contributed by atoms with Crippen LogP contribution in [0.4, 0.5) is 0 Å². The molecule has 1 aromatic carbocycles. The van der Waals surface area contributed by atoms with Crippen LogP contribution in [0, 0.1) is 9.49 Å². The average molecular weight is 363 g/mol. The lowest BCUT2D eigenvalue weighted by atomic mass is 10.0. The molecule has 0 saturated heterocycles. The maximum Gasteiger partial charge on any atom is 0.326 e. The molecule has 1 aromatic rings. The molecule has 98 valence electrons. The van der Waals surface area contributed by atoms with Crippen molar-refractivity contribution in [2.24, 2.45) is 5.92 Å². The Hall–Kier alpha value is -1.31. The lowest BCUT2D eigenvalue weighted by molar-refractivity contribution is -0.140. The highest BCUT2D eigenvalue weighted by Gasteiger charge is 2.24. The van der Waals surface area contributed by atoms with E-state index in [1.165, 1.54) is 12.1 Å². The Bertz CT molecular complexity index is 473. The molecular formula is C12H14INO4. The summed E-state index contributed by atoms with van der Waals surface area (Å²) in [4.78, 5) is 22.8. The summed E-state index contributed by atoms with van der Waals surface area (Å²) in [5.41, 5.74) is 0.236. The summed E-state index contributed by atoms with van der Waals surface area (Å²) in [5.74, 6) is -1.81. The summed E-state index contributed by atoms with van der Waals surface area (Å²) in [5, 5.41) is 20.9. The number of phenolic OH excluding ortho intramolecular Hbond substituents is 1. The van der Waals surface area contributed by atoms with E-state index in [1.54, 1.807) is 19.9 Å². The lowest BCUT2D eigenvalue weighted by Gasteiger charge is -2.17. The number of hydrogen-bond acceptors (Lipinski definition) is 3. The zero-order valence-electron chi connectivity index (χ0n) is 9.98. The Morgan fingerprint density at radius 1 is 1.33 bits per heavy atom. The number of hydrogen-bond donors (Lipinski definition) is 3. The Morgan fingerprint density at radius 3 is 2.39 bits per heavy atom. The molecule has 5 nitrogen and oxygen atoms in total. The summed E-state index contributed by atoms with van der Waals surface area (Å²) < 4.78 is 0.628. The fraction of sp³-hybridized carbons (Fsp3) is 0.333. The van der Waals surface area contributed by atoms with Crippen LogP contribution in [0.2, 0.25) is 0 Å². The Kier molecular flexibility index (Phi) is 4.94. The number of carbonyl (C=O) groups excluding carboxylic acids is 1. The summed E-state index contributed by atoms with van der Waals surface area (Å²) in [6, 6.07) is 3.50. The van der Waals surface area contributed by atoms with Gasteiger partial charge in [-0.15, -0.1) is 0 Å². The second-order valence-corrected chi connectivity index (χ2v) is 5.36. The maximum absolute atomic E-state index is 11.8.